The minimum Gasteiger partial charge on any atom is -0.368 e. The van der Waals surface area contributed by atoms with Gasteiger partial charge < -0.3 is 10.2 Å². The van der Waals surface area contributed by atoms with Crippen molar-refractivity contribution in [1.29, 1.82) is 0 Å². The Labute approximate surface area is 150 Å². The van der Waals surface area contributed by atoms with Crippen LogP contribution in [0.5, 0.6) is 0 Å². The molecule has 1 amide bonds. The van der Waals surface area contributed by atoms with Crippen LogP contribution in [0.25, 0.3) is 0 Å². The molecule has 3 rings (SSSR count). The number of rotatable bonds is 5. The number of pyridine rings is 1. The largest absolute Gasteiger partial charge is 0.368 e. The SMILES string of the molecule is CC[C@H](C)Nc1ccc([C@@H]2CCCCN2C(=O)c2ccccc2)cn1. The number of aromatic nitrogens is 1. The van der Waals surface area contributed by atoms with Gasteiger partial charge in [0.05, 0.1) is 6.04 Å². The number of carbonyl (C=O) groups excluding carboxylic acids is 1. The minimum atomic E-state index is 0.117. The summed E-state index contributed by atoms with van der Waals surface area (Å²) in [6.07, 6.45) is 6.20. The van der Waals surface area contributed by atoms with Crippen LogP contribution in [0.3, 0.4) is 0 Å². The van der Waals surface area contributed by atoms with Crippen molar-refractivity contribution in [1.82, 2.24) is 9.88 Å². The van der Waals surface area contributed by atoms with Gasteiger partial charge in [0.15, 0.2) is 0 Å². The lowest BCUT2D eigenvalue weighted by Crippen LogP contribution is -2.38. The van der Waals surface area contributed by atoms with E-state index < -0.39 is 0 Å². The first-order chi connectivity index (χ1) is 12.2. The number of nitrogens with zero attached hydrogens (tertiary/aromatic N) is 2. The van der Waals surface area contributed by atoms with E-state index >= 15 is 0 Å². The predicted molar refractivity (Wildman–Crippen MR) is 102 cm³/mol. The molecule has 4 nitrogen and oxygen atoms in total. The fraction of sp³-hybridized carbons (Fsp3) is 0.429. The van der Waals surface area contributed by atoms with E-state index in [0.717, 1.165) is 49.2 Å². The second-order valence-electron chi connectivity index (χ2n) is 6.81. The second-order valence-corrected chi connectivity index (χ2v) is 6.81. The molecule has 1 aliphatic rings. The Kier molecular flexibility index (Phi) is 5.69. The molecule has 1 aromatic carbocycles. The van der Waals surface area contributed by atoms with E-state index in [2.05, 4.69) is 30.2 Å². The molecule has 0 radical (unpaired) electrons. The summed E-state index contributed by atoms with van der Waals surface area (Å²) in [5, 5.41) is 3.39. The summed E-state index contributed by atoms with van der Waals surface area (Å²) in [7, 11) is 0. The molecule has 2 aromatic rings. The molecule has 0 bridgehead atoms. The number of hydrogen-bond acceptors (Lipinski definition) is 3. The van der Waals surface area contributed by atoms with Gasteiger partial charge in [0.25, 0.3) is 5.91 Å². The topological polar surface area (TPSA) is 45.2 Å². The van der Waals surface area contributed by atoms with E-state index in [4.69, 9.17) is 0 Å². The van der Waals surface area contributed by atoms with Crippen molar-refractivity contribution >= 4 is 11.7 Å². The summed E-state index contributed by atoms with van der Waals surface area (Å²) < 4.78 is 0. The summed E-state index contributed by atoms with van der Waals surface area (Å²) >= 11 is 0. The first kappa shape index (κ1) is 17.5. The molecule has 0 unspecified atom stereocenters. The molecular weight excluding hydrogens is 310 g/mol. The van der Waals surface area contributed by atoms with Crippen LogP contribution in [-0.2, 0) is 0 Å². The monoisotopic (exact) mass is 337 g/mol. The lowest BCUT2D eigenvalue weighted by Gasteiger charge is -2.36. The van der Waals surface area contributed by atoms with Crippen molar-refractivity contribution in [3.8, 4) is 0 Å². The fourth-order valence-electron chi connectivity index (χ4n) is 3.31. The third-order valence-corrected chi connectivity index (χ3v) is 4.96. The molecule has 1 fully saturated rings. The van der Waals surface area contributed by atoms with Crippen LogP contribution in [0.2, 0.25) is 0 Å². The molecule has 2 heterocycles. The number of nitrogens with one attached hydrogen (secondary N) is 1. The van der Waals surface area contributed by atoms with Gasteiger partial charge >= 0.3 is 0 Å². The average molecular weight is 337 g/mol. The molecule has 2 atom stereocenters. The van der Waals surface area contributed by atoms with Crippen molar-refractivity contribution in [2.24, 2.45) is 0 Å². The lowest BCUT2D eigenvalue weighted by atomic mass is 9.95. The van der Waals surface area contributed by atoms with Gasteiger partial charge in [0.1, 0.15) is 5.82 Å². The summed E-state index contributed by atoms with van der Waals surface area (Å²) in [5.74, 6) is 1.02. The Balaban J connectivity index is 1.78. The number of benzene rings is 1. The van der Waals surface area contributed by atoms with Gasteiger partial charge in [-0.1, -0.05) is 31.2 Å². The standard InChI is InChI=1S/C21H27N3O/c1-3-16(2)23-20-13-12-18(15-22-20)19-11-7-8-14-24(19)21(25)17-9-5-4-6-10-17/h4-6,9-10,12-13,15-16,19H,3,7-8,11,14H2,1-2H3,(H,22,23)/t16-,19-/m0/s1. The quantitative estimate of drug-likeness (QED) is 0.863. The Morgan fingerprint density at radius 1 is 1.24 bits per heavy atom. The predicted octanol–water partition coefficient (Wildman–Crippen LogP) is 4.66. The van der Waals surface area contributed by atoms with Crippen LogP contribution < -0.4 is 5.32 Å². The van der Waals surface area contributed by atoms with Gasteiger partial charge in [-0.3, -0.25) is 4.79 Å². The zero-order chi connectivity index (χ0) is 17.6. The highest BCUT2D eigenvalue weighted by Gasteiger charge is 2.28. The number of hydrogen-bond donors (Lipinski definition) is 1. The third-order valence-electron chi connectivity index (χ3n) is 4.96. The molecule has 132 valence electrons. The summed E-state index contributed by atoms with van der Waals surface area (Å²) in [4.78, 5) is 19.5. The van der Waals surface area contributed by atoms with Crippen LogP contribution in [0.15, 0.2) is 48.7 Å². The Bertz CT molecular complexity index is 684. The van der Waals surface area contributed by atoms with E-state index in [0.29, 0.717) is 6.04 Å². The van der Waals surface area contributed by atoms with Crippen LogP contribution in [0, 0.1) is 0 Å². The van der Waals surface area contributed by atoms with E-state index in [-0.39, 0.29) is 11.9 Å². The average Bonchev–Trinajstić information content (AvgIpc) is 2.68. The molecule has 0 aliphatic carbocycles. The van der Waals surface area contributed by atoms with Crippen molar-refractivity contribution < 1.29 is 4.79 Å². The highest BCUT2D eigenvalue weighted by atomic mass is 16.2. The maximum atomic E-state index is 12.9. The van der Waals surface area contributed by atoms with Gasteiger partial charge in [-0.25, -0.2) is 4.98 Å². The molecule has 0 saturated carbocycles. The normalized spacial score (nSPS) is 18.6. The van der Waals surface area contributed by atoms with Crippen molar-refractivity contribution in [2.45, 2.75) is 51.6 Å². The molecule has 1 saturated heterocycles. The van der Waals surface area contributed by atoms with Crippen LogP contribution in [-0.4, -0.2) is 28.4 Å². The highest BCUT2D eigenvalue weighted by Crippen LogP contribution is 2.32. The van der Waals surface area contributed by atoms with Crippen LogP contribution in [0.1, 0.15) is 61.5 Å². The van der Waals surface area contributed by atoms with Gasteiger partial charge in [-0.15, -0.1) is 0 Å². The lowest BCUT2D eigenvalue weighted by molar-refractivity contribution is 0.0611. The van der Waals surface area contributed by atoms with Gasteiger partial charge in [-0.05, 0) is 56.4 Å². The summed E-state index contributed by atoms with van der Waals surface area (Å²) in [5.41, 5.74) is 1.89. The van der Waals surface area contributed by atoms with Gasteiger partial charge in [-0.2, -0.15) is 0 Å². The minimum absolute atomic E-state index is 0.117. The molecule has 0 spiro atoms. The summed E-state index contributed by atoms with van der Waals surface area (Å²) in [6.45, 7) is 5.11. The molecular formula is C21H27N3O. The number of carbonyl (C=O) groups is 1. The van der Waals surface area contributed by atoms with Crippen molar-refractivity contribution in [2.75, 3.05) is 11.9 Å². The number of likely N-dealkylation sites (tertiary alicyclic amines) is 1. The maximum absolute atomic E-state index is 12.9. The highest BCUT2D eigenvalue weighted by molar-refractivity contribution is 5.94. The van der Waals surface area contributed by atoms with Crippen LogP contribution >= 0.6 is 0 Å². The number of piperidine rings is 1. The Morgan fingerprint density at radius 2 is 2.04 bits per heavy atom. The zero-order valence-electron chi connectivity index (χ0n) is 15.1. The molecule has 1 aliphatic heterocycles. The fourth-order valence-corrected chi connectivity index (χ4v) is 3.31. The Hall–Kier alpha value is -2.36. The third kappa shape index (κ3) is 4.19. The molecule has 25 heavy (non-hydrogen) atoms. The summed E-state index contributed by atoms with van der Waals surface area (Å²) in [6, 6.07) is 14.2. The van der Waals surface area contributed by atoms with Gasteiger partial charge in [0.2, 0.25) is 0 Å². The first-order valence-electron chi connectivity index (χ1n) is 9.27. The smallest absolute Gasteiger partial charge is 0.254 e. The Morgan fingerprint density at radius 3 is 2.72 bits per heavy atom. The van der Waals surface area contributed by atoms with Crippen molar-refractivity contribution in [3.05, 3.63) is 59.8 Å². The van der Waals surface area contributed by atoms with Gasteiger partial charge in [0, 0.05) is 24.3 Å². The van der Waals surface area contributed by atoms with E-state index in [9.17, 15) is 4.79 Å². The first-order valence-corrected chi connectivity index (χ1v) is 9.27. The van der Waals surface area contributed by atoms with E-state index in [1.54, 1.807) is 0 Å². The molecule has 1 N–H and O–H groups in total. The van der Waals surface area contributed by atoms with E-state index in [1.807, 2.05) is 47.5 Å². The van der Waals surface area contributed by atoms with E-state index in [1.165, 1.54) is 0 Å². The van der Waals surface area contributed by atoms with Crippen molar-refractivity contribution in [3.63, 3.8) is 0 Å². The maximum Gasteiger partial charge on any atom is 0.254 e. The van der Waals surface area contributed by atoms with Crippen LogP contribution in [0.4, 0.5) is 5.82 Å². The molecule has 4 heteroatoms. The second kappa shape index (κ2) is 8.15. The zero-order valence-corrected chi connectivity index (χ0v) is 15.1. The number of amides is 1. The molecule has 1 aromatic heterocycles. The number of anilines is 1.